The predicted octanol–water partition coefficient (Wildman–Crippen LogP) is 1.11. The van der Waals surface area contributed by atoms with E-state index in [2.05, 4.69) is 10.6 Å². The molecule has 3 rings (SSSR count). The Labute approximate surface area is 157 Å². The van der Waals surface area contributed by atoms with Crippen LogP contribution < -0.4 is 10.6 Å². The largest absolute Gasteiger partial charge is 0.467 e. The van der Waals surface area contributed by atoms with Crippen molar-refractivity contribution in [3.05, 3.63) is 54.0 Å². The molecule has 1 saturated heterocycles. The molecule has 0 radical (unpaired) electrons. The second kappa shape index (κ2) is 8.36. The number of hydrogen-bond acceptors (Lipinski definition) is 5. The standard InChI is InChI=1S/C18H21N3O5S/c22-17(19-12-15-4-3-11-26-15)13-20-18(23)14-5-7-16(8-6-14)27(24,25)21-9-1-2-10-21/h3-8,11H,1-2,9-10,12-13H2,(H,19,22)(H,20,23). The number of furan rings is 1. The van der Waals surface area contributed by atoms with Crippen molar-refractivity contribution in [1.29, 1.82) is 0 Å². The van der Waals surface area contributed by atoms with Crippen molar-refractivity contribution in [2.45, 2.75) is 24.3 Å². The summed E-state index contributed by atoms with van der Waals surface area (Å²) < 4.78 is 31.5. The van der Waals surface area contributed by atoms with Gasteiger partial charge in [0.15, 0.2) is 0 Å². The molecule has 0 spiro atoms. The molecule has 1 aliphatic rings. The van der Waals surface area contributed by atoms with Crippen molar-refractivity contribution in [2.75, 3.05) is 19.6 Å². The van der Waals surface area contributed by atoms with E-state index in [1.54, 1.807) is 12.1 Å². The fourth-order valence-electron chi connectivity index (χ4n) is 2.78. The van der Waals surface area contributed by atoms with Crippen LogP contribution in [-0.2, 0) is 21.4 Å². The Balaban J connectivity index is 1.52. The summed E-state index contributed by atoms with van der Waals surface area (Å²) in [5.41, 5.74) is 0.286. The summed E-state index contributed by atoms with van der Waals surface area (Å²) in [6.45, 7) is 1.10. The van der Waals surface area contributed by atoms with Gasteiger partial charge in [-0.3, -0.25) is 9.59 Å². The van der Waals surface area contributed by atoms with E-state index in [0.717, 1.165) is 12.8 Å². The van der Waals surface area contributed by atoms with Crippen molar-refractivity contribution in [3.63, 3.8) is 0 Å². The molecular weight excluding hydrogens is 370 g/mol. The maximum absolute atomic E-state index is 12.5. The van der Waals surface area contributed by atoms with Gasteiger partial charge in [-0.2, -0.15) is 4.31 Å². The average molecular weight is 391 g/mol. The highest BCUT2D eigenvalue weighted by molar-refractivity contribution is 7.89. The normalized spacial score (nSPS) is 14.8. The zero-order valence-electron chi connectivity index (χ0n) is 14.7. The van der Waals surface area contributed by atoms with Gasteiger partial charge in [0.1, 0.15) is 5.76 Å². The van der Waals surface area contributed by atoms with E-state index >= 15 is 0 Å². The first kappa shape index (κ1) is 19.1. The zero-order valence-corrected chi connectivity index (χ0v) is 15.5. The third-order valence-corrected chi connectivity index (χ3v) is 6.18. The fraction of sp³-hybridized carbons (Fsp3) is 0.333. The highest BCUT2D eigenvalue weighted by Gasteiger charge is 2.27. The van der Waals surface area contributed by atoms with Crippen LogP contribution in [0.3, 0.4) is 0 Å². The maximum Gasteiger partial charge on any atom is 0.251 e. The van der Waals surface area contributed by atoms with Gasteiger partial charge in [-0.05, 0) is 49.2 Å². The molecule has 2 aromatic rings. The molecule has 0 saturated carbocycles. The monoisotopic (exact) mass is 391 g/mol. The Hall–Kier alpha value is -2.65. The number of carbonyl (C=O) groups is 2. The maximum atomic E-state index is 12.5. The summed E-state index contributed by atoms with van der Waals surface area (Å²) in [5.74, 6) is -0.189. The van der Waals surface area contributed by atoms with Crippen molar-refractivity contribution >= 4 is 21.8 Å². The Morgan fingerprint density at radius 1 is 1.04 bits per heavy atom. The van der Waals surface area contributed by atoms with Gasteiger partial charge in [-0.15, -0.1) is 0 Å². The molecule has 1 fully saturated rings. The van der Waals surface area contributed by atoms with Gasteiger partial charge in [0.05, 0.1) is 24.2 Å². The number of nitrogens with one attached hydrogen (secondary N) is 2. The SMILES string of the molecule is O=C(CNC(=O)c1ccc(S(=O)(=O)N2CCCC2)cc1)NCc1ccco1. The van der Waals surface area contributed by atoms with Crippen molar-refractivity contribution in [2.24, 2.45) is 0 Å². The van der Waals surface area contributed by atoms with Gasteiger partial charge in [0.2, 0.25) is 15.9 Å². The summed E-state index contributed by atoms with van der Waals surface area (Å²) in [7, 11) is -3.51. The van der Waals surface area contributed by atoms with Crippen LogP contribution in [0.1, 0.15) is 29.0 Å². The summed E-state index contributed by atoms with van der Waals surface area (Å²) in [6.07, 6.45) is 3.24. The Bertz CT molecular complexity index is 886. The molecule has 0 bridgehead atoms. The molecule has 8 nitrogen and oxygen atoms in total. The summed E-state index contributed by atoms with van der Waals surface area (Å²) >= 11 is 0. The molecule has 27 heavy (non-hydrogen) atoms. The minimum Gasteiger partial charge on any atom is -0.467 e. The topological polar surface area (TPSA) is 109 Å². The highest BCUT2D eigenvalue weighted by atomic mass is 32.2. The van der Waals surface area contributed by atoms with Crippen LogP contribution in [-0.4, -0.2) is 44.2 Å². The minimum atomic E-state index is -3.51. The number of sulfonamides is 1. The second-order valence-electron chi connectivity index (χ2n) is 6.17. The van der Waals surface area contributed by atoms with Crippen LogP contribution in [0, 0.1) is 0 Å². The van der Waals surface area contributed by atoms with E-state index in [0.29, 0.717) is 18.8 Å². The Kier molecular flexibility index (Phi) is 5.92. The lowest BCUT2D eigenvalue weighted by molar-refractivity contribution is -0.120. The number of amides is 2. The first-order chi connectivity index (χ1) is 13.0. The Morgan fingerprint density at radius 2 is 1.74 bits per heavy atom. The van der Waals surface area contributed by atoms with E-state index in [1.807, 2.05) is 0 Å². The third kappa shape index (κ3) is 4.75. The van der Waals surface area contributed by atoms with Crippen LogP contribution in [0.25, 0.3) is 0 Å². The molecule has 0 aliphatic carbocycles. The molecule has 1 aromatic carbocycles. The zero-order chi connectivity index (χ0) is 19.3. The van der Waals surface area contributed by atoms with Crippen molar-refractivity contribution in [3.8, 4) is 0 Å². The second-order valence-corrected chi connectivity index (χ2v) is 8.11. The highest BCUT2D eigenvalue weighted by Crippen LogP contribution is 2.21. The molecular formula is C18H21N3O5S. The Morgan fingerprint density at radius 3 is 2.37 bits per heavy atom. The predicted molar refractivity (Wildman–Crippen MR) is 97.3 cm³/mol. The van der Waals surface area contributed by atoms with Gasteiger partial charge < -0.3 is 15.1 Å². The quantitative estimate of drug-likeness (QED) is 0.735. The smallest absolute Gasteiger partial charge is 0.251 e. The minimum absolute atomic E-state index is 0.164. The van der Waals surface area contributed by atoms with Crippen molar-refractivity contribution in [1.82, 2.24) is 14.9 Å². The van der Waals surface area contributed by atoms with Crippen LogP contribution in [0.5, 0.6) is 0 Å². The van der Waals surface area contributed by atoms with Crippen LogP contribution >= 0.6 is 0 Å². The van der Waals surface area contributed by atoms with Gasteiger partial charge in [0, 0.05) is 18.7 Å². The van der Waals surface area contributed by atoms with E-state index in [4.69, 9.17) is 4.42 Å². The van der Waals surface area contributed by atoms with Crippen LogP contribution in [0.15, 0.2) is 52.0 Å². The molecule has 2 amide bonds. The molecule has 2 heterocycles. The molecule has 1 aromatic heterocycles. The average Bonchev–Trinajstić information content (AvgIpc) is 3.38. The van der Waals surface area contributed by atoms with Gasteiger partial charge in [-0.25, -0.2) is 8.42 Å². The summed E-state index contributed by atoms with van der Waals surface area (Å²) in [4.78, 5) is 24.0. The first-order valence-electron chi connectivity index (χ1n) is 8.64. The number of benzene rings is 1. The number of carbonyl (C=O) groups excluding carboxylic acids is 2. The molecule has 1 aliphatic heterocycles. The molecule has 144 valence electrons. The molecule has 0 atom stereocenters. The van der Waals surface area contributed by atoms with Gasteiger partial charge in [-0.1, -0.05) is 0 Å². The van der Waals surface area contributed by atoms with E-state index in [9.17, 15) is 18.0 Å². The fourth-order valence-corrected chi connectivity index (χ4v) is 4.30. The first-order valence-corrected chi connectivity index (χ1v) is 10.1. The molecule has 0 unspecified atom stereocenters. The summed E-state index contributed by atoms with van der Waals surface area (Å²) in [5, 5.41) is 5.12. The summed E-state index contributed by atoms with van der Waals surface area (Å²) in [6, 6.07) is 9.17. The molecule has 9 heteroatoms. The number of rotatable bonds is 7. The molecule has 2 N–H and O–H groups in total. The number of hydrogen-bond donors (Lipinski definition) is 2. The lowest BCUT2D eigenvalue weighted by Crippen LogP contribution is -2.36. The third-order valence-electron chi connectivity index (χ3n) is 4.27. The lowest BCUT2D eigenvalue weighted by Gasteiger charge is -2.15. The van der Waals surface area contributed by atoms with Crippen molar-refractivity contribution < 1.29 is 22.4 Å². The van der Waals surface area contributed by atoms with Crippen LogP contribution in [0.4, 0.5) is 0 Å². The van der Waals surface area contributed by atoms with E-state index in [1.165, 1.54) is 34.8 Å². The van der Waals surface area contributed by atoms with Gasteiger partial charge in [0.25, 0.3) is 5.91 Å². The van der Waals surface area contributed by atoms with E-state index in [-0.39, 0.29) is 29.5 Å². The lowest BCUT2D eigenvalue weighted by atomic mass is 10.2. The van der Waals surface area contributed by atoms with E-state index < -0.39 is 15.9 Å². The van der Waals surface area contributed by atoms with Gasteiger partial charge >= 0.3 is 0 Å². The number of nitrogens with zero attached hydrogens (tertiary/aromatic N) is 1. The van der Waals surface area contributed by atoms with Crippen LogP contribution in [0.2, 0.25) is 0 Å².